The molecule has 1 aromatic carbocycles. The lowest BCUT2D eigenvalue weighted by Gasteiger charge is -2.10. The maximum atomic E-state index is 13.3. The number of rotatable bonds is 2. The number of nitrogens with zero attached hydrogens (tertiary/aromatic N) is 2. The van der Waals surface area contributed by atoms with Gasteiger partial charge in [-0.15, -0.1) is 0 Å². The molecule has 88 valence electrons. The zero-order valence-corrected chi connectivity index (χ0v) is 9.49. The van der Waals surface area contributed by atoms with Crippen LogP contribution < -0.4 is 5.32 Å². The maximum Gasteiger partial charge on any atom is 0.124 e. The molecule has 1 aliphatic rings. The van der Waals surface area contributed by atoms with E-state index in [-0.39, 0.29) is 5.82 Å². The smallest absolute Gasteiger partial charge is 0.124 e. The number of nitrogens with one attached hydrogen (secondary N) is 1. The monoisotopic (exact) mass is 231 g/mol. The second-order valence-corrected chi connectivity index (χ2v) is 4.48. The molecule has 17 heavy (non-hydrogen) atoms. The summed E-state index contributed by atoms with van der Waals surface area (Å²) < 4.78 is 13.3. The summed E-state index contributed by atoms with van der Waals surface area (Å²) in [6.45, 7) is 1.07. The lowest BCUT2D eigenvalue weighted by Crippen LogP contribution is -2.24. The van der Waals surface area contributed by atoms with Crippen molar-refractivity contribution >= 4 is 10.9 Å². The molecule has 0 aliphatic carbocycles. The fourth-order valence-corrected chi connectivity index (χ4v) is 2.41. The summed E-state index contributed by atoms with van der Waals surface area (Å²) in [5.74, 6) is -0.229. The molecule has 3 nitrogen and oxygen atoms in total. The largest absolute Gasteiger partial charge is 0.314 e. The summed E-state index contributed by atoms with van der Waals surface area (Å²) in [4.78, 5) is 8.45. The van der Waals surface area contributed by atoms with Crippen LogP contribution in [0.5, 0.6) is 0 Å². The highest BCUT2D eigenvalue weighted by atomic mass is 19.1. The van der Waals surface area contributed by atoms with Gasteiger partial charge in [-0.05, 0) is 37.6 Å². The van der Waals surface area contributed by atoms with Crippen LogP contribution in [0.4, 0.5) is 4.39 Å². The summed E-state index contributed by atoms with van der Waals surface area (Å²) in [7, 11) is 0. The number of benzene rings is 1. The molecule has 1 N–H and O–H groups in total. The number of hydrogen-bond acceptors (Lipinski definition) is 3. The second-order valence-electron chi connectivity index (χ2n) is 4.48. The van der Waals surface area contributed by atoms with E-state index in [1.807, 2.05) is 0 Å². The van der Waals surface area contributed by atoms with Crippen LogP contribution in [0.25, 0.3) is 10.9 Å². The number of hydrogen-bond donors (Lipinski definition) is 1. The third-order valence-corrected chi connectivity index (χ3v) is 3.28. The fraction of sp³-hybridized carbons (Fsp3) is 0.385. The third kappa shape index (κ3) is 2.13. The fourth-order valence-electron chi connectivity index (χ4n) is 2.41. The van der Waals surface area contributed by atoms with Gasteiger partial charge in [0.25, 0.3) is 0 Å². The first-order chi connectivity index (χ1) is 8.33. The Morgan fingerprint density at radius 3 is 3.12 bits per heavy atom. The molecule has 2 heterocycles. The average Bonchev–Trinajstić information content (AvgIpc) is 2.83. The molecule has 2 aromatic rings. The Hall–Kier alpha value is -1.55. The number of aromatic nitrogens is 2. The molecule has 0 radical (unpaired) electrons. The van der Waals surface area contributed by atoms with E-state index in [4.69, 9.17) is 0 Å². The van der Waals surface area contributed by atoms with Crippen molar-refractivity contribution < 1.29 is 4.39 Å². The van der Waals surface area contributed by atoms with Gasteiger partial charge in [-0.1, -0.05) is 0 Å². The van der Waals surface area contributed by atoms with Crippen LogP contribution in [0.3, 0.4) is 0 Å². The van der Waals surface area contributed by atoms with E-state index in [0.29, 0.717) is 6.04 Å². The van der Waals surface area contributed by atoms with Crippen LogP contribution in [0.2, 0.25) is 0 Å². The van der Waals surface area contributed by atoms with Crippen molar-refractivity contribution in [3.8, 4) is 0 Å². The molecule has 1 unspecified atom stereocenters. The minimum Gasteiger partial charge on any atom is -0.314 e. The van der Waals surface area contributed by atoms with Gasteiger partial charge in [-0.3, -0.25) is 0 Å². The van der Waals surface area contributed by atoms with E-state index in [0.717, 1.165) is 29.6 Å². The first-order valence-electron chi connectivity index (χ1n) is 5.95. The number of fused-ring (bicyclic) bond motifs is 1. The predicted molar refractivity (Wildman–Crippen MR) is 64.2 cm³/mol. The molecule has 3 rings (SSSR count). The minimum atomic E-state index is -0.229. The van der Waals surface area contributed by atoms with E-state index in [9.17, 15) is 4.39 Å². The molecule has 0 spiro atoms. The van der Waals surface area contributed by atoms with Gasteiger partial charge in [-0.2, -0.15) is 0 Å². The molecule has 1 saturated heterocycles. The third-order valence-electron chi connectivity index (χ3n) is 3.28. The van der Waals surface area contributed by atoms with Gasteiger partial charge in [0.05, 0.1) is 11.2 Å². The Bertz CT molecular complexity index is 535. The molecular formula is C13H14FN3. The normalized spacial score (nSPS) is 19.9. The van der Waals surface area contributed by atoms with E-state index in [1.165, 1.54) is 25.0 Å². The predicted octanol–water partition coefficient (Wildman–Crippen LogP) is 2.06. The Morgan fingerprint density at radius 1 is 1.35 bits per heavy atom. The van der Waals surface area contributed by atoms with Gasteiger partial charge < -0.3 is 5.32 Å². The molecule has 0 saturated carbocycles. The quantitative estimate of drug-likeness (QED) is 0.859. The van der Waals surface area contributed by atoms with Gasteiger partial charge in [0, 0.05) is 17.8 Å². The zero-order valence-electron chi connectivity index (χ0n) is 9.49. The standard InChI is InChI=1S/C13H14FN3/c14-9-3-4-12-11(6-9)13(17-8-16-12)7-10-2-1-5-15-10/h3-4,6,8,10,15H,1-2,5,7H2. The van der Waals surface area contributed by atoms with Gasteiger partial charge in [0.15, 0.2) is 0 Å². The van der Waals surface area contributed by atoms with Gasteiger partial charge >= 0.3 is 0 Å². The maximum absolute atomic E-state index is 13.3. The Labute approximate surface area is 99.1 Å². The molecule has 0 bridgehead atoms. The highest BCUT2D eigenvalue weighted by molar-refractivity contribution is 5.80. The summed E-state index contributed by atoms with van der Waals surface area (Å²) in [6, 6.07) is 5.14. The first kappa shape index (κ1) is 10.6. The SMILES string of the molecule is Fc1ccc2ncnc(CC3CCCN3)c2c1. The molecule has 1 aromatic heterocycles. The zero-order chi connectivity index (χ0) is 11.7. The van der Waals surface area contributed by atoms with Crippen molar-refractivity contribution in [2.45, 2.75) is 25.3 Å². The highest BCUT2D eigenvalue weighted by Crippen LogP contribution is 2.19. The van der Waals surface area contributed by atoms with Gasteiger partial charge in [0.1, 0.15) is 12.1 Å². The number of halogens is 1. The van der Waals surface area contributed by atoms with Crippen LogP contribution in [-0.4, -0.2) is 22.6 Å². The Morgan fingerprint density at radius 2 is 2.29 bits per heavy atom. The summed E-state index contributed by atoms with van der Waals surface area (Å²) in [6.07, 6.45) is 4.79. The summed E-state index contributed by atoms with van der Waals surface area (Å²) in [5, 5.41) is 4.26. The van der Waals surface area contributed by atoms with Crippen LogP contribution >= 0.6 is 0 Å². The van der Waals surface area contributed by atoms with E-state index in [1.54, 1.807) is 12.4 Å². The Kier molecular flexibility index (Phi) is 2.73. The molecule has 0 amide bonds. The lowest BCUT2D eigenvalue weighted by molar-refractivity contribution is 0.596. The van der Waals surface area contributed by atoms with Crippen molar-refractivity contribution in [1.82, 2.24) is 15.3 Å². The van der Waals surface area contributed by atoms with Gasteiger partial charge in [0.2, 0.25) is 0 Å². The average molecular weight is 231 g/mol. The molecule has 1 fully saturated rings. The van der Waals surface area contributed by atoms with E-state index < -0.39 is 0 Å². The van der Waals surface area contributed by atoms with Crippen LogP contribution in [0.15, 0.2) is 24.5 Å². The van der Waals surface area contributed by atoms with Crippen molar-refractivity contribution in [2.24, 2.45) is 0 Å². The van der Waals surface area contributed by atoms with Crippen molar-refractivity contribution in [2.75, 3.05) is 6.54 Å². The molecule has 1 atom stereocenters. The topological polar surface area (TPSA) is 37.8 Å². The summed E-state index contributed by atoms with van der Waals surface area (Å²) in [5.41, 5.74) is 1.75. The van der Waals surface area contributed by atoms with Crippen LogP contribution in [0.1, 0.15) is 18.5 Å². The second kappa shape index (κ2) is 4.37. The first-order valence-corrected chi connectivity index (χ1v) is 5.95. The molecular weight excluding hydrogens is 217 g/mol. The Balaban J connectivity index is 1.99. The highest BCUT2D eigenvalue weighted by Gasteiger charge is 2.16. The minimum absolute atomic E-state index is 0.229. The summed E-state index contributed by atoms with van der Waals surface area (Å²) >= 11 is 0. The van der Waals surface area contributed by atoms with Crippen molar-refractivity contribution in [1.29, 1.82) is 0 Å². The van der Waals surface area contributed by atoms with E-state index >= 15 is 0 Å². The molecule has 1 aliphatic heterocycles. The van der Waals surface area contributed by atoms with Crippen LogP contribution in [0, 0.1) is 5.82 Å². The van der Waals surface area contributed by atoms with Crippen molar-refractivity contribution in [3.05, 3.63) is 36.0 Å². The lowest BCUT2D eigenvalue weighted by atomic mass is 10.1. The van der Waals surface area contributed by atoms with Crippen molar-refractivity contribution in [3.63, 3.8) is 0 Å². The van der Waals surface area contributed by atoms with Crippen LogP contribution in [-0.2, 0) is 6.42 Å². The van der Waals surface area contributed by atoms with Gasteiger partial charge in [-0.25, -0.2) is 14.4 Å². The van der Waals surface area contributed by atoms with E-state index in [2.05, 4.69) is 15.3 Å². The molecule has 4 heteroatoms.